The Morgan fingerprint density at radius 3 is 2.35 bits per heavy atom. The first-order chi connectivity index (χ1) is 11.0. The Labute approximate surface area is 144 Å². The lowest BCUT2D eigenvalue weighted by atomic mass is 9.99. The Morgan fingerprint density at radius 2 is 1.78 bits per heavy atom. The first kappa shape index (κ1) is 16.9. The molecule has 1 nitrogen and oxygen atoms in total. The van der Waals surface area contributed by atoms with Crippen molar-refractivity contribution in [2.45, 2.75) is 6.92 Å². The molecular weight excluding hydrogens is 353 g/mol. The van der Waals surface area contributed by atoms with Gasteiger partial charge in [-0.1, -0.05) is 58.9 Å². The number of nitriles is 1. The number of rotatable bonds is 4. The van der Waals surface area contributed by atoms with Gasteiger partial charge < -0.3 is 0 Å². The summed E-state index contributed by atoms with van der Waals surface area (Å²) >= 11 is 3.39. The highest BCUT2D eigenvalue weighted by molar-refractivity contribution is 9.10. The molecular formula is C20H15BrFN. The van der Waals surface area contributed by atoms with E-state index < -0.39 is 0 Å². The van der Waals surface area contributed by atoms with Gasteiger partial charge in [-0.25, -0.2) is 4.39 Å². The molecule has 0 atom stereocenters. The van der Waals surface area contributed by atoms with Crippen molar-refractivity contribution in [3.05, 3.63) is 88.7 Å². The number of hydrogen-bond acceptors (Lipinski definition) is 1. The first-order valence-electron chi connectivity index (χ1n) is 7.04. The van der Waals surface area contributed by atoms with Crippen molar-refractivity contribution in [1.82, 2.24) is 0 Å². The molecule has 2 aromatic rings. The van der Waals surface area contributed by atoms with Gasteiger partial charge >= 0.3 is 0 Å². The molecule has 0 spiro atoms. The second-order valence-electron chi connectivity index (χ2n) is 4.92. The summed E-state index contributed by atoms with van der Waals surface area (Å²) < 4.78 is 15.5. The quantitative estimate of drug-likeness (QED) is 0.459. The Bertz CT molecular complexity index is 824. The lowest BCUT2D eigenvalue weighted by molar-refractivity contribution is 0.625. The fourth-order valence-electron chi connectivity index (χ4n) is 2.14. The molecule has 0 heterocycles. The second-order valence-corrected chi connectivity index (χ2v) is 5.83. The van der Waals surface area contributed by atoms with Crippen LogP contribution < -0.4 is 0 Å². The van der Waals surface area contributed by atoms with E-state index in [1.165, 1.54) is 6.07 Å². The van der Waals surface area contributed by atoms with E-state index in [1.807, 2.05) is 43.3 Å². The van der Waals surface area contributed by atoms with Crippen LogP contribution in [0, 0.1) is 17.1 Å². The van der Waals surface area contributed by atoms with Crippen molar-refractivity contribution in [2.75, 3.05) is 0 Å². The van der Waals surface area contributed by atoms with Gasteiger partial charge in [0.2, 0.25) is 0 Å². The van der Waals surface area contributed by atoms with E-state index in [9.17, 15) is 4.39 Å². The largest absolute Gasteiger partial charge is 0.206 e. The minimum absolute atomic E-state index is 0.300. The third-order valence-electron chi connectivity index (χ3n) is 3.38. The number of hydrogen-bond donors (Lipinski definition) is 0. The maximum atomic E-state index is 14.5. The number of nitrogens with zero attached hydrogens (tertiary/aromatic N) is 1. The first-order valence-corrected chi connectivity index (χ1v) is 7.83. The summed E-state index contributed by atoms with van der Waals surface area (Å²) in [5.74, 6) is -0.300. The third kappa shape index (κ3) is 4.28. The van der Waals surface area contributed by atoms with Crippen molar-refractivity contribution < 1.29 is 4.39 Å². The van der Waals surface area contributed by atoms with Crippen molar-refractivity contribution in [2.24, 2.45) is 0 Å². The SMILES string of the molecule is C=C(C#N)/C=C\C(=C/C)c1ccc(-c2ccc(Br)cc2)cc1F. The van der Waals surface area contributed by atoms with Crippen molar-refractivity contribution >= 4 is 21.5 Å². The van der Waals surface area contributed by atoms with E-state index in [-0.39, 0.29) is 5.82 Å². The van der Waals surface area contributed by atoms with Crippen LogP contribution in [0.1, 0.15) is 12.5 Å². The average molecular weight is 368 g/mol. The molecule has 0 aliphatic heterocycles. The van der Waals surface area contributed by atoms with Crippen LogP contribution in [0.5, 0.6) is 0 Å². The highest BCUT2D eigenvalue weighted by atomic mass is 79.9. The Balaban J connectivity index is 2.35. The van der Waals surface area contributed by atoms with Gasteiger partial charge in [0, 0.05) is 15.6 Å². The highest BCUT2D eigenvalue weighted by Crippen LogP contribution is 2.27. The van der Waals surface area contributed by atoms with Crippen LogP contribution in [0.2, 0.25) is 0 Å². The van der Waals surface area contributed by atoms with Gasteiger partial charge in [0.15, 0.2) is 0 Å². The van der Waals surface area contributed by atoms with Crippen LogP contribution in [0.3, 0.4) is 0 Å². The molecule has 0 aromatic heterocycles. The van der Waals surface area contributed by atoms with Crippen molar-refractivity contribution in [3.63, 3.8) is 0 Å². The van der Waals surface area contributed by atoms with Gasteiger partial charge in [-0.15, -0.1) is 0 Å². The smallest absolute Gasteiger partial charge is 0.131 e. The van der Waals surface area contributed by atoms with Crippen molar-refractivity contribution in [1.29, 1.82) is 5.26 Å². The zero-order chi connectivity index (χ0) is 16.8. The lowest BCUT2D eigenvalue weighted by Gasteiger charge is -2.08. The minimum atomic E-state index is -0.300. The van der Waals surface area contributed by atoms with Gasteiger partial charge in [-0.05, 0) is 47.9 Å². The zero-order valence-electron chi connectivity index (χ0n) is 12.7. The molecule has 0 saturated heterocycles. The van der Waals surface area contributed by atoms with Crippen LogP contribution in [0.25, 0.3) is 16.7 Å². The Hall–Kier alpha value is -2.44. The van der Waals surface area contributed by atoms with Gasteiger partial charge in [0.25, 0.3) is 0 Å². The topological polar surface area (TPSA) is 23.8 Å². The summed E-state index contributed by atoms with van der Waals surface area (Å²) in [5, 5.41) is 8.73. The lowest BCUT2D eigenvalue weighted by Crippen LogP contribution is -1.89. The zero-order valence-corrected chi connectivity index (χ0v) is 14.3. The standard InChI is InChI=1S/C20H15BrFN/c1-3-15(5-4-14(2)13-23)19-11-8-17(12-20(19)22)16-6-9-18(21)10-7-16/h3-12H,2H2,1H3/b5-4-,15-3+. The molecule has 2 aromatic carbocycles. The minimum Gasteiger partial charge on any atom is -0.206 e. The summed E-state index contributed by atoms with van der Waals surface area (Å²) in [6.45, 7) is 5.41. The molecule has 2 rings (SSSR count). The molecule has 23 heavy (non-hydrogen) atoms. The molecule has 0 aliphatic rings. The fraction of sp³-hybridized carbons (Fsp3) is 0.0500. The third-order valence-corrected chi connectivity index (χ3v) is 3.90. The van der Waals surface area contributed by atoms with Gasteiger partial charge in [0.1, 0.15) is 5.82 Å². The summed E-state index contributed by atoms with van der Waals surface area (Å²) in [6.07, 6.45) is 5.08. The molecule has 0 unspecified atom stereocenters. The number of allylic oxidation sites excluding steroid dienone is 5. The van der Waals surface area contributed by atoms with Crippen LogP contribution in [0.15, 0.2) is 77.3 Å². The van der Waals surface area contributed by atoms with Crippen molar-refractivity contribution in [3.8, 4) is 17.2 Å². The molecule has 0 aliphatic carbocycles. The monoisotopic (exact) mass is 367 g/mol. The van der Waals surface area contributed by atoms with E-state index >= 15 is 0 Å². The second kappa shape index (κ2) is 7.71. The van der Waals surface area contributed by atoms with Crippen LogP contribution in [-0.2, 0) is 0 Å². The van der Waals surface area contributed by atoms with Crippen LogP contribution in [0.4, 0.5) is 4.39 Å². The highest BCUT2D eigenvalue weighted by Gasteiger charge is 2.07. The fourth-order valence-corrected chi connectivity index (χ4v) is 2.40. The molecule has 0 fully saturated rings. The number of halogens is 2. The summed E-state index contributed by atoms with van der Waals surface area (Å²) in [7, 11) is 0. The Morgan fingerprint density at radius 1 is 1.13 bits per heavy atom. The van der Waals surface area contributed by atoms with E-state index in [2.05, 4.69) is 22.5 Å². The molecule has 0 radical (unpaired) electrons. The van der Waals surface area contributed by atoms with E-state index in [0.717, 1.165) is 15.6 Å². The van der Waals surface area contributed by atoms with Crippen LogP contribution in [-0.4, -0.2) is 0 Å². The summed E-state index contributed by atoms with van der Waals surface area (Å²) in [4.78, 5) is 0. The van der Waals surface area contributed by atoms with Crippen LogP contribution >= 0.6 is 15.9 Å². The van der Waals surface area contributed by atoms with Gasteiger partial charge in [0.05, 0.1) is 6.07 Å². The van der Waals surface area contributed by atoms with E-state index in [4.69, 9.17) is 5.26 Å². The molecule has 3 heteroatoms. The van der Waals surface area contributed by atoms with E-state index in [0.29, 0.717) is 16.7 Å². The molecule has 0 N–H and O–H groups in total. The maximum Gasteiger partial charge on any atom is 0.131 e. The number of benzene rings is 2. The van der Waals surface area contributed by atoms with Gasteiger partial charge in [-0.3, -0.25) is 0 Å². The summed E-state index contributed by atoms with van der Waals surface area (Å²) in [6, 6.07) is 14.8. The molecule has 0 amide bonds. The average Bonchev–Trinajstić information content (AvgIpc) is 2.56. The molecule has 114 valence electrons. The molecule has 0 saturated carbocycles. The normalized spacial score (nSPS) is 11.5. The predicted molar refractivity (Wildman–Crippen MR) is 97.1 cm³/mol. The van der Waals surface area contributed by atoms with E-state index in [1.54, 1.807) is 24.3 Å². The van der Waals surface area contributed by atoms with Gasteiger partial charge in [-0.2, -0.15) is 5.26 Å². The summed E-state index contributed by atoms with van der Waals surface area (Å²) in [5.41, 5.74) is 3.31. The molecule has 0 bridgehead atoms. The maximum absolute atomic E-state index is 14.5. The Kier molecular flexibility index (Phi) is 5.67. The predicted octanol–water partition coefficient (Wildman–Crippen LogP) is 6.29.